The SMILES string of the molecule is Clc1cc(Cl)c(Cl)c([C@@H](c2cccs2)N2CCNCC2)c1. The van der Waals surface area contributed by atoms with Gasteiger partial charge in [-0.1, -0.05) is 40.9 Å². The van der Waals surface area contributed by atoms with Gasteiger partial charge in [0.1, 0.15) is 0 Å². The molecule has 1 atom stereocenters. The lowest BCUT2D eigenvalue weighted by atomic mass is 10.0. The van der Waals surface area contributed by atoms with E-state index in [1.165, 1.54) is 4.88 Å². The molecule has 0 bridgehead atoms. The Morgan fingerprint density at radius 2 is 1.90 bits per heavy atom. The van der Waals surface area contributed by atoms with E-state index in [-0.39, 0.29) is 6.04 Å². The summed E-state index contributed by atoms with van der Waals surface area (Å²) in [5.41, 5.74) is 0.985. The monoisotopic (exact) mass is 360 g/mol. The number of piperazine rings is 1. The van der Waals surface area contributed by atoms with E-state index in [1.54, 1.807) is 17.4 Å². The largest absolute Gasteiger partial charge is 0.314 e. The van der Waals surface area contributed by atoms with Crippen molar-refractivity contribution in [3.63, 3.8) is 0 Å². The second-order valence-electron chi connectivity index (χ2n) is 4.99. The topological polar surface area (TPSA) is 15.3 Å². The Morgan fingerprint density at radius 1 is 1.14 bits per heavy atom. The Bertz CT molecular complexity index is 610. The summed E-state index contributed by atoms with van der Waals surface area (Å²) in [5, 5.41) is 7.20. The van der Waals surface area contributed by atoms with Crippen LogP contribution >= 0.6 is 46.1 Å². The minimum Gasteiger partial charge on any atom is -0.314 e. The van der Waals surface area contributed by atoms with Gasteiger partial charge < -0.3 is 5.32 Å². The molecule has 21 heavy (non-hydrogen) atoms. The second kappa shape index (κ2) is 6.86. The van der Waals surface area contributed by atoms with Gasteiger partial charge in [0.05, 0.1) is 16.1 Å². The molecule has 2 heterocycles. The third kappa shape index (κ3) is 3.39. The van der Waals surface area contributed by atoms with E-state index in [0.29, 0.717) is 15.1 Å². The lowest BCUT2D eigenvalue weighted by molar-refractivity contribution is 0.201. The van der Waals surface area contributed by atoms with Crippen molar-refractivity contribution in [2.24, 2.45) is 0 Å². The number of nitrogens with zero attached hydrogens (tertiary/aromatic N) is 1. The molecule has 1 fully saturated rings. The average molecular weight is 362 g/mol. The molecule has 3 rings (SSSR count). The molecule has 1 aromatic carbocycles. The Labute approximate surface area is 143 Å². The van der Waals surface area contributed by atoms with E-state index in [0.717, 1.165) is 31.7 Å². The van der Waals surface area contributed by atoms with Crippen LogP contribution in [0.4, 0.5) is 0 Å². The van der Waals surface area contributed by atoms with Crippen LogP contribution in [0.25, 0.3) is 0 Å². The van der Waals surface area contributed by atoms with Gasteiger partial charge in [-0.25, -0.2) is 0 Å². The van der Waals surface area contributed by atoms with Gasteiger partial charge in [0.25, 0.3) is 0 Å². The summed E-state index contributed by atoms with van der Waals surface area (Å²) in [6, 6.07) is 7.94. The minimum atomic E-state index is 0.107. The highest BCUT2D eigenvalue weighted by molar-refractivity contribution is 7.10. The molecule has 2 aromatic rings. The van der Waals surface area contributed by atoms with Crippen molar-refractivity contribution < 1.29 is 0 Å². The van der Waals surface area contributed by atoms with Crippen LogP contribution in [-0.4, -0.2) is 31.1 Å². The third-order valence-electron chi connectivity index (χ3n) is 3.65. The van der Waals surface area contributed by atoms with E-state index in [1.807, 2.05) is 6.07 Å². The van der Waals surface area contributed by atoms with Crippen molar-refractivity contribution >= 4 is 46.1 Å². The van der Waals surface area contributed by atoms with Crippen LogP contribution in [0.2, 0.25) is 15.1 Å². The molecule has 1 aromatic heterocycles. The molecule has 6 heteroatoms. The number of hydrogen-bond acceptors (Lipinski definition) is 3. The van der Waals surface area contributed by atoms with Gasteiger partial charge in [0, 0.05) is 36.1 Å². The fraction of sp³-hybridized carbons (Fsp3) is 0.333. The molecule has 0 spiro atoms. The van der Waals surface area contributed by atoms with Crippen LogP contribution in [0.15, 0.2) is 29.6 Å². The average Bonchev–Trinajstić information content (AvgIpc) is 2.99. The molecule has 0 unspecified atom stereocenters. The van der Waals surface area contributed by atoms with Gasteiger partial charge in [-0.15, -0.1) is 11.3 Å². The molecule has 0 aliphatic carbocycles. The van der Waals surface area contributed by atoms with E-state index < -0.39 is 0 Å². The molecule has 0 amide bonds. The number of halogens is 3. The highest BCUT2D eigenvalue weighted by Gasteiger charge is 2.27. The summed E-state index contributed by atoms with van der Waals surface area (Å²) < 4.78 is 0. The predicted molar refractivity (Wildman–Crippen MR) is 92.1 cm³/mol. The van der Waals surface area contributed by atoms with Crippen LogP contribution < -0.4 is 5.32 Å². The first kappa shape index (κ1) is 15.6. The smallest absolute Gasteiger partial charge is 0.0712 e. The van der Waals surface area contributed by atoms with Gasteiger partial charge >= 0.3 is 0 Å². The fourth-order valence-electron chi connectivity index (χ4n) is 2.69. The first-order chi connectivity index (χ1) is 10.2. The molecule has 0 saturated carbocycles. The van der Waals surface area contributed by atoms with Crippen LogP contribution in [0, 0.1) is 0 Å². The van der Waals surface area contributed by atoms with E-state index in [9.17, 15) is 0 Å². The summed E-state index contributed by atoms with van der Waals surface area (Å²) in [4.78, 5) is 3.69. The van der Waals surface area contributed by atoms with Gasteiger partial charge in [0.15, 0.2) is 0 Å². The summed E-state index contributed by atoms with van der Waals surface area (Å²) in [6.45, 7) is 3.91. The molecule has 1 aliphatic heterocycles. The zero-order valence-electron chi connectivity index (χ0n) is 11.3. The molecule has 2 nitrogen and oxygen atoms in total. The number of rotatable bonds is 3. The summed E-state index contributed by atoms with van der Waals surface area (Å²) in [7, 11) is 0. The molecule has 1 N–H and O–H groups in total. The third-order valence-corrected chi connectivity index (χ3v) is 5.60. The number of thiophene rings is 1. The van der Waals surface area contributed by atoms with E-state index in [2.05, 4.69) is 27.7 Å². The normalized spacial score (nSPS) is 17.9. The first-order valence-corrected chi connectivity index (χ1v) is 8.81. The molecular formula is C15H15Cl3N2S. The summed E-state index contributed by atoms with van der Waals surface area (Å²) in [6.07, 6.45) is 0. The lowest BCUT2D eigenvalue weighted by Crippen LogP contribution is -2.45. The molecule has 112 valence electrons. The standard InChI is InChI=1S/C15H15Cl3N2S/c16-10-8-11(14(18)12(17)9-10)15(13-2-1-7-21-13)20-5-3-19-4-6-20/h1-2,7-9,15,19H,3-6H2/t15-/m0/s1. The molecular weight excluding hydrogens is 347 g/mol. The highest BCUT2D eigenvalue weighted by Crippen LogP contribution is 2.40. The molecule has 1 saturated heterocycles. The Hall–Kier alpha value is -0.290. The number of benzene rings is 1. The van der Waals surface area contributed by atoms with Crippen molar-refractivity contribution in [2.75, 3.05) is 26.2 Å². The number of hydrogen-bond donors (Lipinski definition) is 1. The summed E-state index contributed by atoms with van der Waals surface area (Å²) >= 11 is 20.6. The Morgan fingerprint density at radius 3 is 2.57 bits per heavy atom. The van der Waals surface area contributed by atoms with E-state index in [4.69, 9.17) is 34.8 Å². The Kier molecular flexibility index (Phi) is 5.10. The van der Waals surface area contributed by atoms with Crippen molar-refractivity contribution in [3.05, 3.63) is 55.2 Å². The van der Waals surface area contributed by atoms with Crippen molar-refractivity contribution in [2.45, 2.75) is 6.04 Å². The molecule has 0 radical (unpaired) electrons. The number of nitrogens with one attached hydrogen (secondary N) is 1. The molecule has 1 aliphatic rings. The van der Waals surface area contributed by atoms with Crippen LogP contribution in [0.5, 0.6) is 0 Å². The predicted octanol–water partition coefficient (Wildman–Crippen LogP) is 4.70. The quantitative estimate of drug-likeness (QED) is 0.797. The maximum absolute atomic E-state index is 6.47. The second-order valence-corrected chi connectivity index (χ2v) is 7.20. The van der Waals surface area contributed by atoms with Crippen molar-refractivity contribution in [1.82, 2.24) is 10.2 Å². The van der Waals surface area contributed by atoms with Crippen molar-refractivity contribution in [3.8, 4) is 0 Å². The zero-order chi connectivity index (χ0) is 14.8. The fourth-order valence-corrected chi connectivity index (χ4v) is 4.29. The maximum Gasteiger partial charge on any atom is 0.0712 e. The van der Waals surface area contributed by atoms with Crippen molar-refractivity contribution in [1.29, 1.82) is 0 Å². The zero-order valence-corrected chi connectivity index (χ0v) is 14.4. The van der Waals surface area contributed by atoms with Gasteiger partial charge in [-0.05, 0) is 29.1 Å². The van der Waals surface area contributed by atoms with Crippen LogP contribution in [-0.2, 0) is 0 Å². The minimum absolute atomic E-state index is 0.107. The Balaban J connectivity index is 2.07. The highest BCUT2D eigenvalue weighted by atomic mass is 35.5. The maximum atomic E-state index is 6.47. The van der Waals surface area contributed by atoms with E-state index >= 15 is 0 Å². The van der Waals surface area contributed by atoms with Crippen LogP contribution in [0.3, 0.4) is 0 Å². The van der Waals surface area contributed by atoms with Gasteiger partial charge in [-0.3, -0.25) is 4.90 Å². The van der Waals surface area contributed by atoms with Gasteiger partial charge in [-0.2, -0.15) is 0 Å². The first-order valence-electron chi connectivity index (χ1n) is 6.79. The lowest BCUT2D eigenvalue weighted by Gasteiger charge is -2.35. The van der Waals surface area contributed by atoms with Gasteiger partial charge in [0.2, 0.25) is 0 Å². The van der Waals surface area contributed by atoms with Crippen LogP contribution in [0.1, 0.15) is 16.5 Å². The summed E-state index contributed by atoms with van der Waals surface area (Å²) in [5.74, 6) is 0.